The summed E-state index contributed by atoms with van der Waals surface area (Å²) in [5, 5.41) is 2.89. The van der Waals surface area contributed by atoms with Crippen molar-refractivity contribution in [3.63, 3.8) is 0 Å². The van der Waals surface area contributed by atoms with Crippen LogP contribution in [0.2, 0.25) is 0 Å². The van der Waals surface area contributed by atoms with E-state index in [1.165, 1.54) is 29.2 Å². The van der Waals surface area contributed by atoms with Gasteiger partial charge in [-0.2, -0.15) is 0 Å². The predicted octanol–water partition coefficient (Wildman–Crippen LogP) is 4.67. The number of nitrogens with one attached hydrogen (secondary N) is 1. The normalized spacial score (nSPS) is 12.8. The minimum absolute atomic E-state index is 0.0144. The molecule has 8 nitrogen and oxygen atoms in total. The smallest absolute Gasteiger partial charge is 0.264 e. The standard InChI is InChI=1S/C30H36FN3O5S/c1-6-22(3)32-30(36)23(4)33(19-24-9-15-27(39-5)16-10-24)29(35)20-34(26-13-11-25(31)12-14-26)40(37,38)28-17-7-21(2)8-18-28/h7-18,22-23H,6,19-20H2,1-5H3,(H,32,36)/t22-,23+/m0/s1. The fourth-order valence-corrected chi connectivity index (χ4v) is 5.36. The number of hydrogen-bond acceptors (Lipinski definition) is 5. The van der Waals surface area contributed by atoms with E-state index in [1.807, 2.05) is 20.8 Å². The van der Waals surface area contributed by atoms with Gasteiger partial charge >= 0.3 is 0 Å². The number of hydrogen-bond donors (Lipinski definition) is 1. The van der Waals surface area contributed by atoms with Crippen LogP contribution in [0, 0.1) is 12.7 Å². The maximum atomic E-state index is 13.9. The Morgan fingerprint density at radius 3 is 2.10 bits per heavy atom. The number of ether oxygens (including phenoxy) is 1. The van der Waals surface area contributed by atoms with Crippen molar-refractivity contribution < 1.29 is 27.1 Å². The lowest BCUT2D eigenvalue weighted by molar-refractivity contribution is -0.139. The molecule has 0 fully saturated rings. The van der Waals surface area contributed by atoms with Gasteiger partial charge in [0.25, 0.3) is 10.0 Å². The highest BCUT2D eigenvalue weighted by atomic mass is 32.2. The maximum Gasteiger partial charge on any atom is 0.264 e. The molecule has 0 spiro atoms. The quantitative estimate of drug-likeness (QED) is 0.342. The van der Waals surface area contributed by atoms with Gasteiger partial charge in [-0.25, -0.2) is 12.8 Å². The first-order chi connectivity index (χ1) is 19.0. The molecule has 2 amide bonds. The van der Waals surface area contributed by atoms with Crippen molar-refractivity contribution in [2.75, 3.05) is 18.0 Å². The summed E-state index contributed by atoms with van der Waals surface area (Å²) < 4.78 is 47.4. The average Bonchev–Trinajstić information content (AvgIpc) is 2.95. The zero-order chi connectivity index (χ0) is 29.4. The Balaban J connectivity index is 2.01. The highest BCUT2D eigenvalue weighted by molar-refractivity contribution is 7.92. The molecule has 0 aliphatic carbocycles. The van der Waals surface area contributed by atoms with Crippen LogP contribution in [0.25, 0.3) is 0 Å². The van der Waals surface area contributed by atoms with Crippen LogP contribution < -0.4 is 14.4 Å². The number of methoxy groups -OCH3 is 1. The SMILES string of the molecule is CC[C@H](C)NC(=O)[C@@H](C)N(Cc1ccc(OC)cc1)C(=O)CN(c1ccc(F)cc1)S(=O)(=O)c1ccc(C)cc1. The third-order valence-corrected chi connectivity index (χ3v) is 8.47. The number of amides is 2. The molecule has 10 heteroatoms. The molecular formula is C30H36FN3O5S. The maximum absolute atomic E-state index is 13.9. The summed E-state index contributed by atoms with van der Waals surface area (Å²) >= 11 is 0. The lowest BCUT2D eigenvalue weighted by atomic mass is 10.1. The van der Waals surface area contributed by atoms with Gasteiger partial charge in [-0.05, 0) is 81.3 Å². The molecule has 0 heterocycles. The number of halogens is 1. The second kappa shape index (κ2) is 13.4. The van der Waals surface area contributed by atoms with Gasteiger partial charge in [0.15, 0.2) is 0 Å². The van der Waals surface area contributed by atoms with E-state index in [4.69, 9.17) is 4.74 Å². The Hall–Kier alpha value is -3.92. The minimum atomic E-state index is -4.22. The highest BCUT2D eigenvalue weighted by Gasteiger charge is 2.32. The van der Waals surface area contributed by atoms with Gasteiger partial charge in [-0.15, -0.1) is 0 Å². The van der Waals surface area contributed by atoms with E-state index >= 15 is 0 Å². The second-order valence-electron chi connectivity index (χ2n) is 9.66. The average molecular weight is 570 g/mol. The number of rotatable bonds is 12. The number of anilines is 1. The third-order valence-electron chi connectivity index (χ3n) is 6.68. The fraction of sp³-hybridized carbons (Fsp3) is 0.333. The van der Waals surface area contributed by atoms with Gasteiger partial charge in [-0.1, -0.05) is 36.8 Å². The van der Waals surface area contributed by atoms with E-state index < -0.39 is 34.3 Å². The first kappa shape index (κ1) is 30.6. The number of benzene rings is 3. The number of aryl methyl sites for hydroxylation is 1. The van der Waals surface area contributed by atoms with Gasteiger partial charge < -0.3 is 15.0 Å². The fourth-order valence-electron chi connectivity index (χ4n) is 3.95. The van der Waals surface area contributed by atoms with E-state index in [-0.39, 0.29) is 29.1 Å². The Morgan fingerprint density at radius 1 is 0.950 bits per heavy atom. The van der Waals surface area contributed by atoms with E-state index in [0.29, 0.717) is 12.2 Å². The molecule has 0 aliphatic heterocycles. The zero-order valence-corrected chi connectivity index (χ0v) is 24.2. The summed E-state index contributed by atoms with van der Waals surface area (Å²) in [6.45, 7) is 6.70. The van der Waals surface area contributed by atoms with Crippen molar-refractivity contribution in [1.82, 2.24) is 10.2 Å². The Bertz CT molecular complexity index is 1390. The van der Waals surface area contributed by atoms with Crippen LogP contribution in [0.5, 0.6) is 5.75 Å². The molecule has 0 aliphatic rings. The molecule has 3 aromatic carbocycles. The molecule has 0 radical (unpaired) electrons. The lowest BCUT2D eigenvalue weighted by Crippen LogP contribution is -2.52. The Labute approximate surface area is 235 Å². The topological polar surface area (TPSA) is 96.0 Å². The van der Waals surface area contributed by atoms with Crippen LogP contribution in [0.4, 0.5) is 10.1 Å². The summed E-state index contributed by atoms with van der Waals surface area (Å²) in [5.41, 5.74) is 1.72. The van der Waals surface area contributed by atoms with Crippen molar-refractivity contribution in [3.8, 4) is 5.75 Å². The summed E-state index contributed by atoms with van der Waals surface area (Å²) in [5.74, 6) is -0.858. The molecule has 214 valence electrons. The van der Waals surface area contributed by atoms with Crippen molar-refractivity contribution in [3.05, 3.63) is 89.7 Å². The first-order valence-electron chi connectivity index (χ1n) is 13.0. The van der Waals surface area contributed by atoms with Crippen LogP contribution >= 0.6 is 0 Å². The van der Waals surface area contributed by atoms with Crippen molar-refractivity contribution in [2.45, 2.75) is 57.6 Å². The van der Waals surface area contributed by atoms with Crippen molar-refractivity contribution in [1.29, 1.82) is 0 Å². The monoisotopic (exact) mass is 569 g/mol. The van der Waals surface area contributed by atoms with Crippen LogP contribution in [0.3, 0.4) is 0 Å². The van der Waals surface area contributed by atoms with Crippen LogP contribution in [0.15, 0.2) is 77.7 Å². The number of carbonyl (C=O) groups is 2. The van der Waals surface area contributed by atoms with Crippen LogP contribution in [-0.4, -0.2) is 50.9 Å². The van der Waals surface area contributed by atoms with Gasteiger partial charge in [-0.3, -0.25) is 13.9 Å². The van der Waals surface area contributed by atoms with E-state index in [1.54, 1.807) is 50.4 Å². The molecule has 0 bridgehead atoms. The Morgan fingerprint density at radius 2 is 1.55 bits per heavy atom. The van der Waals surface area contributed by atoms with E-state index in [2.05, 4.69) is 5.32 Å². The van der Waals surface area contributed by atoms with Gasteiger partial charge in [0.05, 0.1) is 17.7 Å². The van der Waals surface area contributed by atoms with Crippen LogP contribution in [-0.2, 0) is 26.2 Å². The summed E-state index contributed by atoms with van der Waals surface area (Å²) in [7, 11) is -2.67. The first-order valence-corrected chi connectivity index (χ1v) is 14.5. The zero-order valence-electron chi connectivity index (χ0n) is 23.4. The second-order valence-corrected chi connectivity index (χ2v) is 11.5. The molecule has 0 saturated heterocycles. The number of sulfonamides is 1. The Kier molecular flexibility index (Phi) is 10.3. The summed E-state index contributed by atoms with van der Waals surface area (Å²) in [6, 6.07) is 17.2. The molecule has 1 N–H and O–H groups in total. The third kappa shape index (κ3) is 7.59. The van der Waals surface area contributed by atoms with Gasteiger partial charge in [0.2, 0.25) is 11.8 Å². The van der Waals surface area contributed by atoms with Crippen molar-refractivity contribution in [2.24, 2.45) is 0 Å². The molecule has 3 aromatic rings. The summed E-state index contributed by atoms with van der Waals surface area (Å²) in [6.07, 6.45) is 0.706. The number of carbonyl (C=O) groups excluding carboxylic acids is 2. The molecule has 40 heavy (non-hydrogen) atoms. The highest BCUT2D eigenvalue weighted by Crippen LogP contribution is 2.25. The van der Waals surface area contributed by atoms with Crippen molar-refractivity contribution >= 4 is 27.5 Å². The van der Waals surface area contributed by atoms with Gasteiger partial charge in [0, 0.05) is 12.6 Å². The van der Waals surface area contributed by atoms with E-state index in [9.17, 15) is 22.4 Å². The molecule has 3 rings (SSSR count). The van der Waals surface area contributed by atoms with Gasteiger partial charge in [0.1, 0.15) is 24.2 Å². The molecule has 0 saturated carbocycles. The summed E-state index contributed by atoms with van der Waals surface area (Å²) in [4.78, 5) is 28.3. The van der Waals surface area contributed by atoms with Crippen LogP contribution in [0.1, 0.15) is 38.3 Å². The molecule has 2 atom stereocenters. The molecule has 0 unspecified atom stereocenters. The predicted molar refractivity (Wildman–Crippen MR) is 153 cm³/mol. The minimum Gasteiger partial charge on any atom is -0.497 e. The largest absolute Gasteiger partial charge is 0.497 e. The molecular weight excluding hydrogens is 533 g/mol. The number of nitrogens with zero attached hydrogens (tertiary/aromatic N) is 2. The lowest BCUT2D eigenvalue weighted by Gasteiger charge is -2.32. The van der Waals surface area contributed by atoms with E-state index in [0.717, 1.165) is 27.6 Å². The molecule has 0 aromatic heterocycles.